The van der Waals surface area contributed by atoms with Gasteiger partial charge in [-0.1, -0.05) is 19.9 Å². The molecule has 0 spiro atoms. The van der Waals surface area contributed by atoms with E-state index in [0.29, 0.717) is 6.79 Å². The molecule has 0 aliphatic carbocycles. The van der Waals surface area contributed by atoms with E-state index in [1.165, 1.54) is 5.56 Å². The van der Waals surface area contributed by atoms with E-state index < -0.39 is 6.04 Å². The smallest absolute Gasteiger partial charge is 0.239 e. The first-order chi connectivity index (χ1) is 11.0. The van der Waals surface area contributed by atoms with Crippen LogP contribution in [0.25, 0.3) is 0 Å². The number of amides is 1. The molecule has 2 heterocycles. The van der Waals surface area contributed by atoms with Crippen molar-refractivity contribution in [2.24, 2.45) is 11.7 Å². The Morgan fingerprint density at radius 3 is 2.57 bits per heavy atom. The minimum Gasteiger partial charge on any atom is -0.454 e. The van der Waals surface area contributed by atoms with Gasteiger partial charge in [-0.2, -0.15) is 0 Å². The summed E-state index contributed by atoms with van der Waals surface area (Å²) in [5.74, 6) is 1.88. The van der Waals surface area contributed by atoms with Gasteiger partial charge < -0.3 is 20.1 Å². The normalized spacial score (nSPS) is 19.2. The third-order valence-corrected chi connectivity index (χ3v) is 4.53. The van der Waals surface area contributed by atoms with Crippen molar-refractivity contribution in [3.63, 3.8) is 0 Å². The summed E-state index contributed by atoms with van der Waals surface area (Å²) in [6, 6.07) is 5.67. The number of ether oxygens (including phenoxy) is 2. The number of nitrogens with zero attached hydrogens (tertiary/aromatic N) is 2. The molecule has 3 rings (SSSR count). The minimum atomic E-state index is -0.393. The summed E-state index contributed by atoms with van der Waals surface area (Å²) < 4.78 is 10.8. The highest BCUT2D eigenvalue weighted by atomic mass is 16.7. The number of nitrogens with two attached hydrogens (primary N) is 1. The van der Waals surface area contributed by atoms with Crippen LogP contribution in [0.1, 0.15) is 19.4 Å². The Balaban J connectivity index is 1.52. The Morgan fingerprint density at radius 1 is 1.17 bits per heavy atom. The molecule has 1 saturated heterocycles. The molecule has 0 saturated carbocycles. The Labute approximate surface area is 137 Å². The van der Waals surface area contributed by atoms with Crippen LogP contribution in [0.5, 0.6) is 11.5 Å². The lowest BCUT2D eigenvalue weighted by Gasteiger charge is -2.36. The summed E-state index contributed by atoms with van der Waals surface area (Å²) >= 11 is 0. The van der Waals surface area contributed by atoms with Crippen LogP contribution in [0.3, 0.4) is 0 Å². The van der Waals surface area contributed by atoms with Gasteiger partial charge in [-0.05, 0) is 23.6 Å². The summed E-state index contributed by atoms with van der Waals surface area (Å²) in [7, 11) is 0. The van der Waals surface area contributed by atoms with Gasteiger partial charge in [0, 0.05) is 32.7 Å². The maximum atomic E-state index is 12.3. The highest BCUT2D eigenvalue weighted by molar-refractivity contribution is 5.82. The SMILES string of the molecule is CC(C)C(N)C(=O)N1CCN(Cc2ccc3c(c2)OCO3)CC1. The summed E-state index contributed by atoms with van der Waals surface area (Å²) in [4.78, 5) is 16.5. The van der Waals surface area contributed by atoms with Gasteiger partial charge in [0.25, 0.3) is 0 Å². The topological polar surface area (TPSA) is 68.0 Å². The second-order valence-electron chi connectivity index (χ2n) is 6.56. The van der Waals surface area contributed by atoms with E-state index >= 15 is 0 Å². The molecule has 6 nitrogen and oxygen atoms in total. The van der Waals surface area contributed by atoms with Gasteiger partial charge in [0.1, 0.15) is 0 Å². The van der Waals surface area contributed by atoms with Crippen LogP contribution in [0, 0.1) is 5.92 Å². The van der Waals surface area contributed by atoms with Gasteiger partial charge in [-0.15, -0.1) is 0 Å². The molecule has 0 aromatic heterocycles. The molecule has 1 aromatic carbocycles. The molecule has 0 radical (unpaired) electrons. The van der Waals surface area contributed by atoms with E-state index in [1.807, 2.05) is 30.9 Å². The van der Waals surface area contributed by atoms with Crippen LogP contribution >= 0.6 is 0 Å². The van der Waals surface area contributed by atoms with Crippen LogP contribution in [0.2, 0.25) is 0 Å². The average molecular weight is 319 g/mol. The average Bonchev–Trinajstić information content (AvgIpc) is 3.01. The van der Waals surface area contributed by atoms with Crippen LogP contribution in [-0.4, -0.2) is 54.7 Å². The first kappa shape index (κ1) is 16.1. The van der Waals surface area contributed by atoms with Gasteiger partial charge in [0.05, 0.1) is 6.04 Å². The van der Waals surface area contributed by atoms with Crippen molar-refractivity contribution in [1.29, 1.82) is 0 Å². The number of hydrogen-bond donors (Lipinski definition) is 1. The van der Waals surface area contributed by atoms with Gasteiger partial charge in [0.15, 0.2) is 11.5 Å². The van der Waals surface area contributed by atoms with Crippen LogP contribution in [0.4, 0.5) is 0 Å². The molecule has 1 atom stereocenters. The summed E-state index contributed by atoms with van der Waals surface area (Å²) in [5, 5.41) is 0. The third-order valence-electron chi connectivity index (χ3n) is 4.53. The van der Waals surface area contributed by atoms with Gasteiger partial charge >= 0.3 is 0 Å². The van der Waals surface area contributed by atoms with Crippen LogP contribution in [0.15, 0.2) is 18.2 Å². The maximum absolute atomic E-state index is 12.3. The summed E-state index contributed by atoms with van der Waals surface area (Å²) in [6.45, 7) is 8.34. The van der Waals surface area contributed by atoms with Crippen molar-refractivity contribution in [3.8, 4) is 11.5 Å². The molecule has 1 aromatic rings. The molecule has 1 amide bonds. The number of fused-ring (bicyclic) bond motifs is 1. The van der Waals surface area contributed by atoms with Crippen molar-refractivity contribution in [1.82, 2.24) is 9.80 Å². The minimum absolute atomic E-state index is 0.0720. The monoisotopic (exact) mass is 319 g/mol. The fraction of sp³-hybridized carbons (Fsp3) is 0.588. The Morgan fingerprint density at radius 2 is 1.87 bits per heavy atom. The second kappa shape index (κ2) is 6.76. The van der Waals surface area contributed by atoms with E-state index in [1.54, 1.807) is 0 Å². The maximum Gasteiger partial charge on any atom is 0.239 e. The molecule has 2 N–H and O–H groups in total. The Hall–Kier alpha value is -1.79. The van der Waals surface area contributed by atoms with E-state index in [0.717, 1.165) is 44.2 Å². The zero-order chi connectivity index (χ0) is 16.4. The lowest BCUT2D eigenvalue weighted by atomic mass is 10.0. The number of benzene rings is 1. The van der Waals surface area contributed by atoms with E-state index in [4.69, 9.17) is 15.2 Å². The van der Waals surface area contributed by atoms with Gasteiger partial charge in [0.2, 0.25) is 12.7 Å². The first-order valence-corrected chi connectivity index (χ1v) is 8.20. The zero-order valence-corrected chi connectivity index (χ0v) is 13.8. The fourth-order valence-corrected chi connectivity index (χ4v) is 2.92. The van der Waals surface area contributed by atoms with Gasteiger partial charge in [-0.25, -0.2) is 0 Å². The van der Waals surface area contributed by atoms with Crippen LogP contribution < -0.4 is 15.2 Å². The molecule has 1 fully saturated rings. The molecule has 6 heteroatoms. The number of rotatable bonds is 4. The predicted molar refractivity (Wildman–Crippen MR) is 87.2 cm³/mol. The van der Waals surface area contributed by atoms with Crippen LogP contribution in [-0.2, 0) is 11.3 Å². The molecular formula is C17H25N3O3. The Bertz CT molecular complexity index is 568. The molecular weight excluding hydrogens is 294 g/mol. The quantitative estimate of drug-likeness (QED) is 0.898. The molecule has 1 unspecified atom stereocenters. The number of hydrogen-bond acceptors (Lipinski definition) is 5. The van der Waals surface area contributed by atoms with Crippen molar-refractivity contribution in [2.45, 2.75) is 26.4 Å². The molecule has 126 valence electrons. The largest absolute Gasteiger partial charge is 0.454 e. The highest BCUT2D eigenvalue weighted by Gasteiger charge is 2.27. The standard InChI is InChI=1S/C17H25N3O3/c1-12(2)16(18)17(21)20-7-5-19(6-8-20)10-13-3-4-14-15(9-13)23-11-22-14/h3-4,9,12,16H,5-8,10-11,18H2,1-2H3. The number of carbonyl (C=O) groups is 1. The van der Waals surface area contributed by atoms with E-state index in [-0.39, 0.29) is 11.8 Å². The third kappa shape index (κ3) is 3.59. The Kier molecular flexibility index (Phi) is 4.73. The predicted octanol–water partition coefficient (Wildman–Crippen LogP) is 1.04. The second-order valence-corrected chi connectivity index (χ2v) is 6.56. The van der Waals surface area contributed by atoms with Gasteiger partial charge in [-0.3, -0.25) is 9.69 Å². The number of carbonyl (C=O) groups excluding carboxylic acids is 1. The van der Waals surface area contributed by atoms with E-state index in [2.05, 4.69) is 11.0 Å². The first-order valence-electron chi connectivity index (χ1n) is 8.20. The van der Waals surface area contributed by atoms with Crippen molar-refractivity contribution in [3.05, 3.63) is 23.8 Å². The molecule has 2 aliphatic rings. The van der Waals surface area contributed by atoms with Crippen molar-refractivity contribution in [2.75, 3.05) is 33.0 Å². The lowest BCUT2D eigenvalue weighted by molar-refractivity contribution is -0.135. The molecule has 0 bridgehead atoms. The van der Waals surface area contributed by atoms with E-state index in [9.17, 15) is 4.79 Å². The van der Waals surface area contributed by atoms with Crippen molar-refractivity contribution < 1.29 is 14.3 Å². The zero-order valence-electron chi connectivity index (χ0n) is 13.8. The fourth-order valence-electron chi connectivity index (χ4n) is 2.92. The molecule has 2 aliphatic heterocycles. The summed E-state index contributed by atoms with van der Waals surface area (Å²) in [5.41, 5.74) is 7.17. The molecule has 23 heavy (non-hydrogen) atoms. The summed E-state index contributed by atoms with van der Waals surface area (Å²) in [6.07, 6.45) is 0. The highest BCUT2D eigenvalue weighted by Crippen LogP contribution is 2.32. The number of piperazine rings is 1. The lowest BCUT2D eigenvalue weighted by Crippen LogP contribution is -2.54. The van der Waals surface area contributed by atoms with Crippen molar-refractivity contribution >= 4 is 5.91 Å².